The van der Waals surface area contributed by atoms with Gasteiger partial charge in [0.25, 0.3) is 0 Å². The third-order valence-corrected chi connectivity index (χ3v) is 1.89. The van der Waals surface area contributed by atoms with Crippen LogP contribution >= 0.6 is 0 Å². The van der Waals surface area contributed by atoms with E-state index in [-0.39, 0.29) is 5.82 Å². The number of nitrogen functional groups attached to an aromatic ring is 1. The molecule has 0 aliphatic rings. The van der Waals surface area contributed by atoms with Gasteiger partial charge in [-0.25, -0.2) is 9.07 Å². The van der Waals surface area contributed by atoms with Crippen LogP contribution in [-0.4, -0.2) is 15.0 Å². The number of benzene rings is 1. The molecule has 1 aromatic carbocycles. The number of nitrogens with zero attached hydrogens (tertiary/aromatic N) is 3. The van der Waals surface area contributed by atoms with Crippen LogP contribution in [0.25, 0.3) is 0 Å². The molecule has 2 N–H and O–H groups in total. The van der Waals surface area contributed by atoms with E-state index in [1.165, 1.54) is 18.3 Å². The first-order chi connectivity index (χ1) is 6.75. The average molecular weight is 192 g/mol. The highest BCUT2D eigenvalue weighted by molar-refractivity contribution is 5.24. The molecule has 0 saturated heterocycles. The lowest BCUT2D eigenvalue weighted by atomic mass is 10.2. The normalized spacial score (nSPS) is 10.4. The van der Waals surface area contributed by atoms with Crippen LogP contribution < -0.4 is 5.73 Å². The van der Waals surface area contributed by atoms with Crippen molar-refractivity contribution in [1.29, 1.82) is 0 Å². The van der Waals surface area contributed by atoms with Crippen molar-refractivity contribution in [2.75, 3.05) is 5.73 Å². The summed E-state index contributed by atoms with van der Waals surface area (Å²) >= 11 is 0. The van der Waals surface area contributed by atoms with Gasteiger partial charge in [-0.2, -0.15) is 0 Å². The molecule has 14 heavy (non-hydrogen) atoms. The lowest BCUT2D eigenvalue weighted by Gasteiger charge is -2.02. The van der Waals surface area contributed by atoms with Crippen molar-refractivity contribution in [2.24, 2.45) is 0 Å². The van der Waals surface area contributed by atoms with Crippen molar-refractivity contribution >= 4 is 5.82 Å². The van der Waals surface area contributed by atoms with Gasteiger partial charge in [-0.3, -0.25) is 0 Å². The minimum Gasteiger partial charge on any atom is -0.383 e. The molecule has 0 aliphatic carbocycles. The minimum absolute atomic E-state index is 0.250. The van der Waals surface area contributed by atoms with Crippen molar-refractivity contribution in [3.63, 3.8) is 0 Å². The number of rotatable bonds is 2. The zero-order valence-corrected chi connectivity index (χ0v) is 7.39. The largest absolute Gasteiger partial charge is 0.383 e. The molecule has 0 aliphatic heterocycles. The van der Waals surface area contributed by atoms with Crippen LogP contribution in [-0.2, 0) is 6.54 Å². The Hall–Kier alpha value is -1.91. The maximum Gasteiger partial charge on any atom is 0.142 e. The second kappa shape index (κ2) is 3.45. The van der Waals surface area contributed by atoms with Gasteiger partial charge < -0.3 is 5.73 Å². The highest BCUT2D eigenvalue weighted by Crippen LogP contribution is 2.06. The second-order valence-corrected chi connectivity index (χ2v) is 2.94. The Morgan fingerprint density at radius 3 is 2.57 bits per heavy atom. The summed E-state index contributed by atoms with van der Waals surface area (Å²) < 4.78 is 14.1. The molecule has 0 amide bonds. The van der Waals surface area contributed by atoms with Gasteiger partial charge in [-0.15, -0.1) is 5.10 Å². The fourth-order valence-electron chi connectivity index (χ4n) is 1.15. The van der Waals surface area contributed by atoms with Gasteiger partial charge in [0.1, 0.15) is 11.6 Å². The number of hydrogen-bond acceptors (Lipinski definition) is 3. The summed E-state index contributed by atoms with van der Waals surface area (Å²) in [6, 6.07) is 6.19. The van der Waals surface area contributed by atoms with E-state index in [4.69, 9.17) is 5.73 Å². The van der Waals surface area contributed by atoms with Crippen molar-refractivity contribution in [1.82, 2.24) is 15.0 Å². The topological polar surface area (TPSA) is 56.7 Å². The molecule has 5 heteroatoms. The summed E-state index contributed by atoms with van der Waals surface area (Å²) in [7, 11) is 0. The quantitative estimate of drug-likeness (QED) is 0.773. The van der Waals surface area contributed by atoms with Gasteiger partial charge in [0, 0.05) is 0 Å². The molecule has 0 radical (unpaired) electrons. The monoisotopic (exact) mass is 192 g/mol. The highest BCUT2D eigenvalue weighted by atomic mass is 19.1. The Bertz CT molecular complexity index is 421. The summed E-state index contributed by atoms with van der Waals surface area (Å²) in [5, 5.41) is 7.43. The van der Waals surface area contributed by atoms with Crippen molar-refractivity contribution in [2.45, 2.75) is 6.54 Å². The molecular weight excluding hydrogens is 183 g/mol. The van der Waals surface area contributed by atoms with E-state index in [2.05, 4.69) is 10.3 Å². The molecule has 72 valence electrons. The van der Waals surface area contributed by atoms with E-state index in [0.29, 0.717) is 12.4 Å². The first-order valence-corrected chi connectivity index (χ1v) is 4.14. The Morgan fingerprint density at radius 2 is 2.00 bits per heavy atom. The standard InChI is InChI=1S/C9H9FN4/c10-8-3-1-7(2-4-8)6-14-9(11)5-12-13-14/h1-5H,6,11H2. The number of anilines is 1. The average Bonchev–Trinajstić information content (AvgIpc) is 2.56. The zero-order chi connectivity index (χ0) is 9.97. The van der Waals surface area contributed by atoms with Gasteiger partial charge in [-0.05, 0) is 17.7 Å². The molecule has 0 fully saturated rings. The number of nitrogens with two attached hydrogens (primary N) is 1. The lowest BCUT2D eigenvalue weighted by molar-refractivity contribution is 0.622. The molecule has 1 aromatic heterocycles. The molecule has 1 heterocycles. The minimum atomic E-state index is -0.250. The van der Waals surface area contributed by atoms with Crippen molar-refractivity contribution < 1.29 is 4.39 Å². The molecule has 2 rings (SSSR count). The van der Waals surface area contributed by atoms with E-state index in [1.54, 1.807) is 16.8 Å². The zero-order valence-electron chi connectivity index (χ0n) is 7.39. The first kappa shape index (κ1) is 8.68. The van der Waals surface area contributed by atoms with E-state index in [0.717, 1.165) is 5.56 Å². The van der Waals surface area contributed by atoms with Crippen LogP contribution in [0.15, 0.2) is 30.5 Å². The molecule has 0 bridgehead atoms. The van der Waals surface area contributed by atoms with Crippen LogP contribution in [0.3, 0.4) is 0 Å². The summed E-state index contributed by atoms with van der Waals surface area (Å²) in [5.74, 6) is 0.245. The fourth-order valence-corrected chi connectivity index (χ4v) is 1.15. The van der Waals surface area contributed by atoms with Crippen molar-refractivity contribution in [3.05, 3.63) is 41.8 Å². The molecule has 0 saturated carbocycles. The lowest BCUT2D eigenvalue weighted by Crippen LogP contribution is -2.05. The van der Waals surface area contributed by atoms with Crippen LogP contribution in [0, 0.1) is 5.82 Å². The van der Waals surface area contributed by atoms with Gasteiger partial charge in [-0.1, -0.05) is 17.3 Å². The summed E-state index contributed by atoms with van der Waals surface area (Å²) in [6.45, 7) is 0.506. The Balaban J connectivity index is 2.19. The molecule has 0 atom stereocenters. The second-order valence-electron chi connectivity index (χ2n) is 2.94. The molecule has 4 nitrogen and oxygen atoms in total. The van der Waals surface area contributed by atoms with E-state index < -0.39 is 0 Å². The number of aromatic nitrogens is 3. The van der Waals surface area contributed by atoms with Crippen LogP contribution in [0.5, 0.6) is 0 Å². The maximum atomic E-state index is 12.6. The Kier molecular flexibility index (Phi) is 2.14. The fraction of sp³-hybridized carbons (Fsp3) is 0.111. The predicted octanol–water partition coefficient (Wildman–Crippen LogP) is 1.05. The van der Waals surface area contributed by atoms with Gasteiger partial charge in [0.15, 0.2) is 0 Å². The van der Waals surface area contributed by atoms with Gasteiger partial charge in [0.05, 0.1) is 12.7 Å². The SMILES string of the molecule is Nc1cnnn1Cc1ccc(F)cc1. The van der Waals surface area contributed by atoms with Crippen molar-refractivity contribution in [3.8, 4) is 0 Å². The Morgan fingerprint density at radius 1 is 1.29 bits per heavy atom. The van der Waals surface area contributed by atoms with E-state index >= 15 is 0 Å². The first-order valence-electron chi connectivity index (χ1n) is 4.14. The molecule has 0 unspecified atom stereocenters. The predicted molar refractivity (Wildman–Crippen MR) is 49.9 cm³/mol. The summed E-state index contributed by atoms with van der Waals surface area (Å²) in [5.41, 5.74) is 6.52. The molecular formula is C9H9FN4. The van der Waals surface area contributed by atoms with E-state index in [9.17, 15) is 4.39 Å². The number of halogens is 1. The third-order valence-electron chi connectivity index (χ3n) is 1.89. The smallest absolute Gasteiger partial charge is 0.142 e. The number of hydrogen-bond donors (Lipinski definition) is 1. The van der Waals surface area contributed by atoms with Gasteiger partial charge >= 0.3 is 0 Å². The maximum absolute atomic E-state index is 12.6. The molecule has 2 aromatic rings. The van der Waals surface area contributed by atoms with Crippen LogP contribution in [0.4, 0.5) is 10.2 Å². The van der Waals surface area contributed by atoms with Crippen LogP contribution in [0.2, 0.25) is 0 Å². The molecule has 0 spiro atoms. The summed E-state index contributed by atoms with van der Waals surface area (Å²) in [6.07, 6.45) is 1.48. The summed E-state index contributed by atoms with van der Waals surface area (Å²) in [4.78, 5) is 0. The highest BCUT2D eigenvalue weighted by Gasteiger charge is 2.00. The van der Waals surface area contributed by atoms with Gasteiger partial charge in [0.2, 0.25) is 0 Å². The Labute approximate surface area is 80.2 Å². The van der Waals surface area contributed by atoms with Crippen LogP contribution in [0.1, 0.15) is 5.56 Å². The third kappa shape index (κ3) is 1.71. The van der Waals surface area contributed by atoms with E-state index in [1.807, 2.05) is 0 Å².